The summed E-state index contributed by atoms with van der Waals surface area (Å²) in [5, 5.41) is 14.3. The maximum atomic E-state index is 13.7. The van der Waals surface area contributed by atoms with Crippen LogP contribution in [0.4, 0.5) is 4.39 Å². The lowest BCUT2D eigenvalue weighted by Gasteiger charge is -2.06. The fraction of sp³-hybridized carbons (Fsp3) is 0.267. The number of benzene rings is 1. The zero-order valence-electron chi connectivity index (χ0n) is 11.9. The number of carbonyl (C=O) groups is 2. The Bertz CT molecular complexity index is 700. The Morgan fingerprint density at radius 1 is 1.41 bits per heavy atom. The Kier molecular flexibility index (Phi) is 5.21. The van der Waals surface area contributed by atoms with Gasteiger partial charge in [-0.3, -0.25) is 4.79 Å². The summed E-state index contributed by atoms with van der Waals surface area (Å²) in [6.07, 6.45) is 1.44. The molecule has 0 saturated carbocycles. The van der Waals surface area contributed by atoms with Gasteiger partial charge in [0.1, 0.15) is 5.82 Å². The Morgan fingerprint density at radius 2 is 2.18 bits per heavy atom. The third kappa shape index (κ3) is 3.88. The summed E-state index contributed by atoms with van der Waals surface area (Å²) in [5.74, 6) is -2.65. The van der Waals surface area contributed by atoms with E-state index in [9.17, 15) is 14.0 Å². The molecule has 0 radical (unpaired) electrons. The van der Waals surface area contributed by atoms with Crippen LogP contribution in [0, 0.1) is 5.82 Å². The maximum absolute atomic E-state index is 13.7. The van der Waals surface area contributed by atoms with Gasteiger partial charge in [-0.1, -0.05) is 6.92 Å². The zero-order valence-corrected chi connectivity index (χ0v) is 12.7. The topological polar surface area (TPSA) is 79.3 Å². The number of carboxylic acids is 1. The lowest BCUT2D eigenvalue weighted by atomic mass is 10.1. The quantitative estimate of drug-likeness (QED) is 0.856. The summed E-state index contributed by atoms with van der Waals surface area (Å²) in [6, 6.07) is 3.21. The molecule has 22 heavy (non-hydrogen) atoms. The minimum atomic E-state index is -1.24. The molecule has 1 amide bonds. The van der Waals surface area contributed by atoms with Crippen LogP contribution in [0.15, 0.2) is 23.6 Å². The molecular weight excluding hydrogens is 307 g/mol. The molecule has 0 unspecified atom stereocenters. The van der Waals surface area contributed by atoms with Crippen LogP contribution >= 0.6 is 11.3 Å². The number of thiazole rings is 1. The fourth-order valence-electron chi connectivity index (χ4n) is 1.86. The molecule has 0 aliphatic carbocycles. The van der Waals surface area contributed by atoms with E-state index >= 15 is 0 Å². The molecule has 0 atom stereocenters. The Labute approximate surface area is 130 Å². The first-order valence-electron chi connectivity index (χ1n) is 6.75. The van der Waals surface area contributed by atoms with E-state index in [2.05, 4.69) is 10.3 Å². The molecule has 0 aliphatic heterocycles. The molecule has 0 saturated heterocycles. The van der Waals surface area contributed by atoms with Gasteiger partial charge in [-0.05, 0) is 24.6 Å². The number of aromatic carboxylic acids is 1. The summed E-state index contributed by atoms with van der Waals surface area (Å²) in [5.41, 5.74) is 0.532. The minimum absolute atomic E-state index is 0.169. The van der Waals surface area contributed by atoms with Crippen molar-refractivity contribution in [3.05, 3.63) is 51.2 Å². The molecule has 0 fully saturated rings. The summed E-state index contributed by atoms with van der Waals surface area (Å²) >= 11 is 1.57. The van der Waals surface area contributed by atoms with Crippen LogP contribution < -0.4 is 5.32 Å². The minimum Gasteiger partial charge on any atom is -0.478 e. The van der Waals surface area contributed by atoms with Crippen LogP contribution in [0.1, 0.15) is 38.3 Å². The SMILES string of the molecule is CCc1nc(CCNC(=O)c2ccc(C(=O)O)cc2F)cs1. The van der Waals surface area contributed by atoms with E-state index in [0.717, 1.165) is 23.2 Å². The van der Waals surface area contributed by atoms with Crippen LogP contribution in [-0.2, 0) is 12.8 Å². The largest absolute Gasteiger partial charge is 0.478 e. The maximum Gasteiger partial charge on any atom is 0.335 e. The monoisotopic (exact) mass is 322 g/mol. The number of rotatable bonds is 6. The van der Waals surface area contributed by atoms with Gasteiger partial charge in [0.15, 0.2) is 0 Å². The number of halogens is 1. The first-order valence-corrected chi connectivity index (χ1v) is 7.63. The molecule has 7 heteroatoms. The number of hydrogen-bond donors (Lipinski definition) is 2. The number of aromatic nitrogens is 1. The summed E-state index contributed by atoms with van der Waals surface area (Å²) < 4.78 is 13.7. The van der Waals surface area contributed by atoms with Crippen molar-refractivity contribution in [2.45, 2.75) is 19.8 Å². The smallest absolute Gasteiger partial charge is 0.335 e. The number of carboxylic acid groups (broad SMARTS) is 1. The summed E-state index contributed by atoms with van der Waals surface area (Å²) in [7, 11) is 0. The highest BCUT2D eigenvalue weighted by molar-refractivity contribution is 7.09. The lowest BCUT2D eigenvalue weighted by Crippen LogP contribution is -2.26. The van der Waals surface area contributed by atoms with Crippen LogP contribution in [-0.4, -0.2) is 28.5 Å². The number of nitrogens with one attached hydrogen (secondary N) is 1. The van der Waals surface area contributed by atoms with Gasteiger partial charge in [0.25, 0.3) is 5.91 Å². The van der Waals surface area contributed by atoms with E-state index < -0.39 is 17.7 Å². The fourth-order valence-corrected chi connectivity index (χ4v) is 2.64. The molecule has 1 heterocycles. The van der Waals surface area contributed by atoms with Crippen molar-refractivity contribution in [2.24, 2.45) is 0 Å². The molecule has 0 aliphatic rings. The normalized spacial score (nSPS) is 10.5. The third-order valence-electron chi connectivity index (χ3n) is 3.03. The van der Waals surface area contributed by atoms with Crippen molar-refractivity contribution >= 4 is 23.2 Å². The molecular formula is C15H15FN2O3S. The second kappa shape index (κ2) is 7.13. The Morgan fingerprint density at radius 3 is 2.77 bits per heavy atom. The van der Waals surface area contributed by atoms with E-state index in [1.165, 1.54) is 12.1 Å². The molecule has 1 aromatic carbocycles. The molecule has 116 valence electrons. The van der Waals surface area contributed by atoms with Crippen molar-refractivity contribution in [3.63, 3.8) is 0 Å². The standard InChI is InChI=1S/C15H15FN2O3S/c1-2-13-18-10(8-22-13)5-6-17-14(19)11-4-3-9(15(20)21)7-12(11)16/h3-4,7-8H,2,5-6H2,1H3,(H,17,19)(H,20,21). The molecule has 0 spiro atoms. The average molecular weight is 322 g/mol. The Balaban J connectivity index is 1.93. The van der Waals surface area contributed by atoms with Crippen molar-refractivity contribution in [1.29, 1.82) is 0 Å². The molecule has 5 nitrogen and oxygen atoms in total. The van der Waals surface area contributed by atoms with Gasteiger partial charge in [0, 0.05) is 18.3 Å². The molecule has 2 rings (SSSR count). The predicted octanol–water partition coefficient (Wildman–Crippen LogP) is 2.52. The average Bonchev–Trinajstić information content (AvgIpc) is 2.94. The van der Waals surface area contributed by atoms with E-state index in [1.807, 2.05) is 12.3 Å². The zero-order chi connectivity index (χ0) is 16.1. The number of hydrogen-bond acceptors (Lipinski definition) is 4. The predicted molar refractivity (Wildman–Crippen MR) is 80.9 cm³/mol. The summed E-state index contributed by atoms with van der Waals surface area (Å²) in [6.45, 7) is 2.36. The van der Waals surface area contributed by atoms with Gasteiger partial charge in [-0.15, -0.1) is 11.3 Å². The van der Waals surface area contributed by atoms with Gasteiger partial charge in [0.05, 0.1) is 21.8 Å². The van der Waals surface area contributed by atoms with Gasteiger partial charge in [-0.25, -0.2) is 14.2 Å². The number of carbonyl (C=O) groups excluding carboxylic acids is 1. The van der Waals surface area contributed by atoms with Gasteiger partial charge >= 0.3 is 5.97 Å². The van der Waals surface area contributed by atoms with Crippen molar-refractivity contribution in [2.75, 3.05) is 6.54 Å². The highest BCUT2D eigenvalue weighted by Crippen LogP contribution is 2.12. The lowest BCUT2D eigenvalue weighted by molar-refractivity contribution is 0.0695. The summed E-state index contributed by atoms with van der Waals surface area (Å²) in [4.78, 5) is 27.0. The second-order valence-electron chi connectivity index (χ2n) is 4.59. The van der Waals surface area contributed by atoms with Gasteiger partial charge in [0.2, 0.25) is 0 Å². The number of amides is 1. The molecule has 2 aromatic rings. The Hall–Kier alpha value is -2.28. The van der Waals surface area contributed by atoms with Crippen molar-refractivity contribution in [3.8, 4) is 0 Å². The highest BCUT2D eigenvalue weighted by Gasteiger charge is 2.14. The number of aryl methyl sites for hydroxylation is 1. The highest BCUT2D eigenvalue weighted by atomic mass is 32.1. The van der Waals surface area contributed by atoms with Crippen molar-refractivity contribution in [1.82, 2.24) is 10.3 Å². The van der Waals surface area contributed by atoms with Crippen LogP contribution in [0.5, 0.6) is 0 Å². The van der Waals surface area contributed by atoms with E-state index in [-0.39, 0.29) is 11.1 Å². The first-order chi connectivity index (χ1) is 10.5. The molecule has 0 bridgehead atoms. The van der Waals surface area contributed by atoms with Crippen LogP contribution in [0.25, 0.3) is 0 Å². The van der Waals surface area contributed by atoms with E-state index in [4.69, 9.17) is 5.11 Å². The molecule has 1 aromatic heterocycles. The van der Waals surface area contributed by atoms with Crippen molar-refractivity contribution < 1.29 is 19.1 Å². The number of nitrogens with zero attached hydrogens (tertiary/aromatic N) is 1. The third-order valence-corrected chi connectivity index (χ3v) is 4.07. The van der Waals surface area contributed by atoms with Gasteiger partial charge in [-0.2, -0.15) is 0 Å². The van der Waals surface area contributed by atoms with Crippen LogP contribution in [0.2, 0.25) is 0 Å². The van der Waals surface area contributed by atoms with E-state index in [1.54, 1.807) is 11.3 Å². The van der Waals surface area contributed by atoms with Gasteiger partial charge < -0.3 is 10.4 Å². The van der Waals surface area contributed by atoms with E-state index in [0.29, 0.717) is 13.0 Å². The van der Waals surface area contributed by atoms with Crippen LogP contribution in [0.3, 0.4) is 0 Å². The first kappa shape index (κ1) is 16.1. The second-order valence-corrected chi connectivity index (χ2v) is 5.53. The molecule has 2 N–H and O–H groups in total.